The van der Waals surface area contributed by atoms with Gasteiger partial charge >= 0.3 is 5.97 Å². The lowest BCUT2D eigenvalue weighted by Gasteiger charge is -2.20. The summed E-state index contributed by atoms with van der Waals surface area (Å²) in [7, 11) is -3.77. The van der Waals surface area contributed by atoms with E-state index in [0.717, 1.165) is 12.3 Å². The van der Waals surface area contributed by atoms with Crippen LogP contribution in [-0.4, -0.2) is 60.5 Å². The Morgan fingerprint density at radius 1 is 1.21 bits per heavy atom. The number of aromatic hydroxyl groups is 2. The normalized spacial score (nSPS) is 21.7. The Hall–Kier alpha value is -2.69. The van der Waals surface area contributed by atoms with Crippen LogP contribution in [0.25, 0.3) is 6.08 Å². The summed E-state index contributed by atoms with van der Waals surface area (Å²) in [4.78, 5) is 24.8. The number of hydrogen-bond donors (Lipinski definition) is 4. The third-order valence-corrected chi connectivity index (χ3v) is 4.84. The topological polar surface area (TPSA) is 150 Å². The van der Waals surface area contributed by atoms with Gasteiger partial charge in [0.15, 0.2) is 5.78 Å². The summed E-state index contributed by atoms with van der Waals surface area (Å²) in [6.45, 7) is 1.51. The highest BCUT2D eigenvalue weighted by molar-refractivity contribution is 7.88. The maximum atomic E-state index is 12.5. The van der Waals surface area contributed by atoms with Crippen LogP contribution in [0, 0.1) is 0 Å². The number of esters is 1. The number of nitrogens with one attached hydrogen (secondary N) is 1. The van der Waals surface area contributed by atoms with Crippen molar-refractivity contribution in [1.82, 2.24) is 4.72 Å². The number of carbonyl (C=O) groups excluding carboxylic acids is 2. The molecule has 10 heteroatoms. The van der Waals surface area contributed by atoms with E-state index >= 15 is 0 Å². The molecule has 2 atom stereocenters. The second-order valence-corrected chi connectivity index (χ2v) is 8.56. The molecule has 0 bridgehead atoms. The van der Waals surface area contributed by atoms with Gasteiger partial charge in [-0.25, -0.2) is 17.9 Å². The Kier molecular flexibility index (Phi) is 7.17. The average molecular weight is 425 g/mol. The highest BCUT2D eigenvalue weighted by atomic mass is 32.2. The summed E-state index contributed by atoms with van der Waals surface area (Å²) in [6, 6.07) is 0.835. The summed E-state index contributed by atoms with van der Waals surface area (Å²) < 4.78 is 30.5. The molecule has 0 unspecified atom stereocenters. The van der Waals surface area contributed by atoms with E-state index in [9.17, 15) is 33.3 Å². The van der Waals surface area contributed by atoms with E-state index in [4.69, 9.17) is 4.74 Å². The predicted molar refractivity (Wildman–Crippen MR) is 105 cm³/mol. The summed E-state index contributed by atoms with van der Waals surface area (Å²) in [5.74, 6) is -2.20. The number of ether oxygens (including phenoxy) is 1. The lowest BCUT2D eigenvalue weighted by Crippen LogP contribution is -2.47. The molecule has 4 N–H and O–H groups in total. The maximum absolute atomic E-state index is 12.5. The van der Waals surface area contributed by atoms with Crippen LogP contribution in [0.4, 0.5) is 0 Å². The average Bonchev–Trinajstić information content (AvgIpc) is 2.57. The molecule has 1 aliphatic rings. The van der Waals surface area contributed by atoms with Gasteiger partial charge in [0.2, 0.25) is 10.0 Å². The van der Waals surface area contributed by atoms with Crippen molar-refractivity contribution < 1.29 is 38.1 Å². The first-order valence-corrected chi connectivity index (χ1v) is 10.6. The minimum absolute atomic E-state index is 0.0926. The summed E-state index contributed by atoms with van der Waals surface area (Å²) in [5.41, 5.74) is 0.496. The van der Waals surface area contributed by atoms with Gasteiger partial charge in [0.25, 0.3) is 0 Å². The highest BCUT2D eigenvalue weighted by Crippen LogP contribution is 2.29. The van der Waals surface area contributed by atoms with E-state index < -0.39 is 39.7 Å². The van der Waals surface area contributed by atoms with Gasteiger partial charge in [0, 0.05) is 12.5 Å². The Balaban J connectivity index is 2.46. The van der Waals surface area contributed by atoms with Crippen molar-refractivity contribution in [2.45, 2.75) is 31.9 Å². The van der Waals surface area contributed by atoms with Crippen molar-refractivity contribution in [2.24, 2.45) is 0 Å². The first-order valence-electron chi connectivity index (χ1n) is 8.74. The Labute approximate surface area is 168 Å². The van der Waals surface area contributed by atoms with Crippen LogP contribution in [0.15, 0.2) is 29.9 Å². The number of carbonyl (C=O) groups is 2. The van der Waals surface area contributed by atoms with Gasteiger partial charge < -0.3 is 20.1 Å². The van der Waals surface area contributed by atoms with Crippen LogP contribution in [0.5, 0.6) is 11.5 Å². The van der Waals surface area contributed by atoms with Crippen molar-refractivity contribution in [1.29, 1.82) is 0 Å². The summed E-state index contributed by atoms with van der Waals surface area (Å²) >= 11 is 0. The molecule has 0 fully saturated rings. The number of aliphatic hydroxyl groups excluding tert-OH is 1. The molecular formula is C19H23NO8S. The fourth-order valence-electron chi connectivity index (χ4n) is 2.80. The molecule has 29 heavy (non-hydrogen) atoms. The molecule has 1 heterocycles. The van der Waals surface area contributed by atoms with E-state index in [0.29, 0.717) is 5.57 Å². The molecule has 9 nitrogen and oxygen atoms in total. The SMILES string of the molecule is CC1=CC(=O)[C@@H](NS(C)(=O)=O)[C@@H](O)CC=Cc2cc(O)cc(O)c2C(=O)OCC1. The minimum atomic E-state index is -3.77. The zero-order chi connectivity index (χ0) is 21.8. The monoisotopic (exact) mass is 425 g/mol. The standard InChI is InChI=1S/C19H23NO8S/c1-11-6-7-28-19(25)17-12(9-13(21)10-15(17)23)4-3-5-14(22)18(16(24)8-11)20-29(2,26)27/h3-4,8-10,14,18,20-23H,5-7H2,1-2H3/t14-,18-/m0/s1. The smallest absolute Gasteiger partial charge is 0.342 e. The first kappa shape index (κ1) is 22.6. The number of fused-ring (bicyclic) bond motifs is 1. The quantitative estimate of drug-likeness (QED) is 0.510. The molecule has 2 rings (SSSR count). The van der Waals surface area contributed by atoms with Gasteiger partial charge in [0.1, 0.15) is 23.1 Å². The minimum Gasteiger partial charge on any atom is -0.508 e. The van der Waals surface area contributed by atoms with Crippen LogP contribution in [-0.2, 0) is 19.6 Å². The van der Waals surface area contributed by atoms with Crippen molar-refractivity contribution in [3.8, 4) is 11.5 Å². The number of rotatable bonds is 2. The number of cyclic esters (lactones) is 1. The Morgan fingerprint density at radius 2 is 1.90 bits per heavy atom. The van der Waals surface area contributed by atoms with E-state index in [1.807, 2.05) is 0 Å². The number of sulfonamides is 1. The molecule has 1 aromatic carbocycles. The molecule has 0 aromatic heterocycles. The molecule has 0 spiro atoms. The fourth-order valence-corrected chi connectivity index (χ4v) is 3.53. The molecule has 0 amide bonds. The van der Waals surface area contributed by atoms with Gasteiger partial charge in [-0.15, -0.1) is 0 Å². The van der Waals surface area contributed by atoms with Crippen LogP contribution in [0.1, 0.15) is 35.7 Å². The Morgan fingerprint density at radius 3 is 2.55 bits per heavy atom. The van der Waals surface area contributed by atoms with Crippen LogP contribution >= 0.6 is 0 Å². The zero-order valence-electron chi connectivity index (χ0n) is 16.0. The van der Waals surface area contributed by atoms with Gasteiger partial charge in [-0.3, -0.25) is 4.79 Å². The summed E-state index contributed by atoms with van der Waals surface area (Å²) in [5, 5.41) is 30.1. The van der Waals surface area contributed by atoms with E-state index in [2.05, 4.69) is 4.72 Å². The van der Waals surface area contributed by atoms with Gasteiger partial charge in [-0.2, -0.15) is 0 Å². The highest BCUT2D eigenvalue weighted by Gasteiger charge is 2.28. The number of hydrogen-bond acceptors (Lipinski definition) is 8. The number of ketones is 1. The Bertz CT molecular complexity index is 965. The van der Waals surface area contributed by atoms with E-state index in [1.165, 1.54) is 24.3 Å². The third kappa shape index (κ3) is 6.41. The second kappa shape index (κ2) is 9.21. The largest absolute Gasteiger partial charge is 0.508 e. The van der Waals surface area contributed by atoms with Gasteiger partial charge in [0.05, 0.1) is 19.0 Å². The molecule has 0 saturated heterocycles. The number of phenolic OH excluding ortho intramolecular Hbond substituents is 2. The van der Waals surface area contributed by atoms with Crippen molar-refractivity contribution in [3.63, 3.8) is 0 Å². The number of phenols is 2. The van der Waals surface area contributed by atoms with E-state index in [-0.39, 0.29) is 36.3 Å². The number of aliphatic hydroxyl groups is 1. The second-order valence-electron chi connectivity index (χ2n) is 6.78. The summed E-state index contributed by atoms with van der Waals surface area (Å²) in [6.07, 6.45) is 3.47. The zero-order valence-corrected chi connectivity index (χ0v) is 16.8. The van der Waals surface area contributed by atoms with E-state index in [1.54, 1.807) is 6.92 Å². The van der Waals surface area contributed by atoms with Crippen LogP contribution in [0.2, 0.25) is 0 Å². The molecule has 0 aliphatic carbocycles. The molecular weight excluding hydrogens is 402 g/mol. The maximum Gasteiger partial charge on any atom is 0.342 e. The molecule has 0 radical (unpaired) electrons. The molecule has 0 saturated carbocycles. The number of benzene rings is 1. The fraction of sp³-hybridized carbons (Fsp3) is 0.368. The predicted octanol–water partition coefficient (Wildman–Crippen LogP) is 0.856. The van der Waals surface area contributed by atoms with Crippen molar-refractivity contribution >= 4 is 27.9 Å². The third-order valence-electron chi connectivity index (χ3n) is 4.16. The van der Waals surface area contributed by atoms with Crippen LogP contribution in [0.3, 0.4) is 0 Å². The lowest BCUT2D eigenvalue weighted by molar-refractivity contribution is -0.118. The van der Waals surface area contributed by atoms with Crippen molar-refractivity contribution in [2.75, 3.05) is 12.9 Å². The van der Waals surface area contributed by atoms with Gasteiger partial charge in [-0.1, -0.05) is 17.7 Å². The van der Waals surface area contributed by atoms with Crippen LogP contribution < -0.4 is 4.72 Å². The van der Waals surface area contributed by atoms with Crippen molar-refractivity contribution in [3.05, 3.63) is 41.0 Å². The first-order chi connectivity index (χ1) is 13.5. The molecule has 1 aromatic rings. The molecule has 1 aliphatic heterocycles. The van der Waals surface area contributed by atoms with Gasteiger partial charge in [-0.05, 0) is 31.1 Å². The molecule has 158 valence electrons. The lowest BCUT2D eigenvalue weighted by atomic mass is 10.00.